The standard InChI is InChI=1S/C8H13FO2/c1-6(7(10)11)8(9)4-2-3-5-8/h6H,2-5H2,1H3,(H,10,11). The molecule has 0 saturated heterocycles. The zero-order chi connectivity index (χ0) is 8.48. The van der Waals surface area contributed by atoms with Crippen molar-refractivity contribution in [3.05, 3.63) is 0 Å². The molecule has 0 radical (unpaired) electrons. The van der Waals surface area contributed by atoms with Crippen molar-refractivity contribution in [1.29, 1.82) is 0 Å². The van der Waals surface area contributed by atoms with E-state index in [1.165, 1.54) is 6.92 Å². The maximum Gasteiger partial charge on any atom is 0.309 e. The lowest BCUT2D eigenvalue weighted by Crippen LogP contribution is -2.33. The van der Waals surface area contributed by atoms with Crippen LogP contribution in [0.3, 0.4) is 0 Å². The molecular weight excluding hydrogens is 147 g/mol. The summed E-state index contributed by atoms with van der Waals surface area (Å²) < 4.78 is 13.6. The van der Waals surface area contributed by atoms with Gasteiger partial charge in [-0.25, -0.2) is 4.39 Å². The van der Waals surface area contributed by atoms with Crippen LogP contribution in [0.4, 0.5) is 4.39 Å². The van der Waals surface area contributed by atoms with Crippen LogP contribution in [0.5, 0.6) is 0 Å². The van der Waals surface area contributed by atoms with Gasteiger partial charge in [-0.1, -0.05) is 12.8 Å². The maximum atomic E-state index is 13.6. The van der Waals surface area contributed by atoms with Crippen LogP contribution >= 0.6 is 0 Å². The molecule has 0 aromatic carbocycles. The molecule has 1 rings (SSSR count). The van der Waals surface area contributed by atoms with E-state index in [0.717, 1.165) is 12.8 Å². The molecule has 0 aromatic rings. The number of aliphatic carboxylic acids is 1. The largest absolute Gasteiger partial charge is 0.481 e. The van der Waals surface area contributed by atoms with Crippen LogP contribution in [0.25, 0.3) is 0 Å². The average molecular weight is 160 g/mol. The Bertz CT molecular complexity index is 161. The SMILES string of the molecule is CC(C(=O)O)C1(F)CCCC1. The topological polar surface area (TPSA) is 37.3 Å². The second-order valence-corrected chi connectivity index (χ2v) is 3.30. The molecule has 1 unspecified atom stereocenters. The number of halogens is 1. The lowest BCUT2D eigenvalue weighted by molar-refractivity contribution is -0.146. The molecule has 3 heteroatoms. The highest BCUT2D eigenvalue weighted by atomic mass is 19.1. The van der Waals surface area contributed by atoms with E-state index in [4.69, 9.17) is 5.11 Å². The summed E-state index contributed by atoms with van der Waals surface area (Å²) in [5, 5.41) is 8.57. The van der Waals surface area contributed by atoms with Gasteiger partial charge in [0, 0.05) is 0 Å². The average Bonchev–Trinajstić information content (AvgIpc) is 2.35. The van der Waals surface area contributed by atoms with E-state index in [1.54, 1.807) is 0 Å². The van der Waals surface area contributed by atoms with Gasteiger partial charge in [0.1, 0.15) is 5.67 Å². The summed E-state index contributed by atoms with van der Waals surface area (Å²) >= 11 is 0. The lowest BCUT2D eigenvalue weighted by atomic mass is 9.89. The van der Waals surface area contributed by atoms with Gasteiger partial charge in [0.25, 0.3) is 0 Å². The first-order chi connectivity index (χ1) is 5.06. The van der Waals surface area contributed by atoms with Crippen molar-refractivity contribution in [3.63, 3.8) is 0 Å². The Kier molecular flexibility index (Phi) is 2.16. The van der Waals surface area contributed by atoms with Gasteiger partial charge in [-0.2, -0.15) is 0 Å². The molecule has 0 spiro atoms. The Morgan fingerprint density at radius 3 is 2.36 bits per heavy atom. The van der Waals surface area contributed by atoms with Crippen LogP contribution in [-0.4, -0.2) is 16.7 Å². The Labute approximate surface area is 65.4 Å². The third-order valence-corrected chi connectivity index (χ3v) is 2.58. The smallest absolute Gasteiger partial charge is 0.309 e. The molecule has 0 amide bonds. The van der Waals surface area contributed by atoms with Gasteiger partial charge in [-0.15, -0.1) is 0 Å². The molecule has 1 saturated carbocycles. The quantitative estimate of drug-likeness (QED) is 0.670. The third kappa shape index (κ3) is 1.52. The number of alkyl halides is 1. The van der Waals surface area contributed by atoms with E-state index in [2.05, 4.69) is 0 Å². The second-order valence-electron chi connectivity index (χ2n) is 3.30. The van der Waals surface area contributed by atoms with Gasteiger partial charge in [-0.3, -0.25) is 4.79 Å². The summed E-state index contributed by atoms with van der Waals surface area (Å²) in [6, 6.07) is 0. The van der Waals surface area contributed by atoms with Crippen LogP contribution in [0.1, 0.15) is 32.6 Å². The number of carboxylic acids is 1. The first-order valence-corrected chi connectivity index (χ1v) is 3.98. The second kappa shape index (κ2) is 2.80. The predicted molar refractivity (Wildman–Crippen MR) is 39.1 cm³/mol. The highest BCUT2D eigenvalue weighted by Gasteiger charge is 2.42. The van der Waals surface area contributed by atoms with Crippen molar-refractivity contribution in [2.45, 2.75) is 38.3 Å². The van der Waals surface area contributed by atoms with Crippen molar-refractivity contribution in [2.24, 2.45) is 5.92 Å². The molecule has 1 atom stereocenters. The van der Waals surface area contributed by atoms with Crippen molar-refractivity contribution >= 4 is 5.97 Å². The molecule has 1 aliphatic carbocycles. The summed E-state index contributed by atoms with van der Waals surface area (Å²) in [7, 11) is 0. The Morgan fingerprint density at radius 2 is 2.00 bits per heavy atom. The molecule has 1 N–H and O–H groups in total. The normalized spacial score (nSPS) is 24.9. The zero-order valence-electron chi connectivity index (χ0n) is 6.64. The fraction of sp³-hybridized carbons (Fsp3) is 0.875. The Hall–Kier alpha value is -0.600. The highest BCUT2D eigenvalue weighted by molar-refractivity contribution is 5.71. The van der Waals surface area contributed by atoms with Gasteiger partial charge in [0.15, 0.2) is 0 Å². The first-order valence-electron chi connectivity index (χ1n) is 3.98. The van der Waals surface area contributed by atoms with E-state index < -0.39 is 17.6 Å². The summed E-state index contributed by atoms with van der Waals surface area (Å²) in [4.78, 5) is 10.5. The van der Waals surface area contributed by atoms with Crippen molar-refractivity contribution in [1.82, 2.24) is 0 Å². The lowest BCUT2D eigenvalue weighted by Gasteiger charge is -2.22. The minimum atomic E-state index is -1.42. The van der Waals surface area contributed by atoms with E-state index in [9.17, 15) is 9.18 Å². The fourth-order valence-corrected chi connectivity index (χ4v) is 1.62. The van der Waals surface area contributed by atoms with Gasteiger partial charge in [0.05, 0.1) is 5.92 Å². The molecule has 2 nitrogen and oxygen atoms in total. The van der Waals surface area contributed by atoms with E-state index in [-0.39, 0.29) is 0 Å². The minimum Gasteiger partial charge on any atom is -0.481 e. The van der Waals surface area contributed by atoms with Gasteiger partial charge >= 0.3 is 5.97 Å². The molecule has 0 heterocycles. The Balaban J connectivity index is 2.63. The van der Waals surface area contributed by atoms with Crippen LogP contribution in [0.15, 0.2) is 0 Å². The number of carboxylic acid groups (broad SMARTS) is 1. The van der Waals surface area contributed by atoms with E-state index in [1.807, 2.05) is 0 Å². The van der Waals surface area contributed by atoms with E-state index >= 15 is 0 Å². The van der Waals surface area contributed by atoms with Crippen LogP contribution in [0, 0.1) is 5.92 Å². The number of hydrogen-bond donors (Lipinski definition) is 1. The van der Waals surface area contributed by atoms with Gasteiger partial charge in [0.2, 0.25) is 0 Å². The molecule has 0 aliphatic heterocycles. The highest BCUT2D eigenvalue weighted by Crippen LogP contribution is 2.39. The van der Waals surface area contributed by atoms with Crippen LogP contribution < -0.4 is 0 Å². The van der Waals surface area contributed by atoms with Crippen molar-refractivity contribution < 1.29 is 14.3 Å². The van der Waals surface area contributed by atoms with E-state index in [0.29, 0.717) is 12.8 Å². The van der Waals surface area contributed by atoms with Crippen molar-refractivity contribution in [2.75, 3.05) is 0 Å². The number of rotatable bonds is 2. The third-order valence-electron chi connectivity index (χ3n) is 2.58. The molecule has 64 valence electrons. The summed E-state index contributed by atoms with van der Waals surface area (Å²) in [6.07, 6.45) is 2.49. The molecule has 0 aromatic heterocycles. The van der Waals surface area contributed by atoms with Crippen LogP contribution in [0.2, 0.25) is 0 Å². The Morgan fingerprint density at radius 1 is 1.55 bits per heavy atom. The maximum absolute atomic E-state index is 13.6. The fourth-order valence-electron chi connectivity index (χ4n) is 1.62. The van der Waals surface area contributed by atoms with Crippen molar-refractivity contribution in [3.8, 4) is 0 Å². The molecular formula is C8H13FO2. The molecule has 0 bridgehead atoms. The minimum absolute atomic E-state index is 0.417. The summed E-state index contributed by atoms with van der Waals surface area (Å²) in [6.45, 7) is 1.45. The molecule has 1 fully saturated rings. The first kappa shape index (κ1) is 8.50. The van der Waals surface area contributed by atoms with Gasteiger partial charge in [-0.05, 0) is 19.8 Å². The monoisotopic (exact) mass is 160 g/mol. The summed E-state index contributed by atoms with van der Waals surface area (Å²) in [5.74, 6) is -1.86. The summed E-state index contributed by atoms with van der Waals surface area (Å²) in [5.41, 5.74) is -1.42. The predicted octanol–water partition coefficient (Wildman–Crippen LogP) is 1.99. The number of carbonyl (C=O) groups is 1. The van der Waals surface area contributed by atoms with Crippen LogP contribution in [-0.2, 0) is 4.79 Å². The molecule has 11 heavy (non-hydrogen) atoms. The molecule has 1 aliphatic rings. The number of hydrogen-bond acceptors (Lipinski definition) is 1. The zero-order valence-corrected chi connectivity index (χ0v) is 6.64. The van der Waals surface area contributed by atoms with Gasteiger partial charge < -0.3 is 5.11 Å².